The van der Waals surface area contributed by atoms with Crippen LogP contribution >= 0.6 is 0 Å². The Morgan fingerprint density at radius 3 is 2.15 bits per heavy atom. The first-order valence-electron chi connectivity index (χ1n) is 8.61. The molecule has 1 aromatic carbocycles. The number of imide groups is 1. The monoisotopic (exact) mass is 366 g/mol. The van der Waals surface area contributed by atoms with Crippen LogP contribution in [0.5, 0.6) is 5.75 Å². The van der Waals surface area contributed by atoms with Gasteiger partial charge >= 0.3 is 6.61 Å². The summed E-state index contributed by atoms with van der Waals surface area (Å²) < 4.78 is 28.5. The second kappa shape index (κ2) is 7.39. The van der Waals surface area contributed by atoms with Gasteiger partial charge in [-0.15, -0.1) is 0 Å². The van der Waals surface area contributed by atoms with Crippen LogP contribution in [-0.4, -0.2) is 35.3 Å². The van der Waals surface area contributed by atoms with Crippen LogP contribution < -0.4 is 10.1 Å². The lowest BCUT2D eigenvalue weighted by Gasteiger charge is -2.22. The molecule has 1 aliphatic carbocycles. The molecule has 3 unspecified atom stereocenters. The second-order valence-corrected chi connectivity index (χ2v) is 6.61. The zero-order valence-corrected chi connectivity index (χ0v) is 14.3. The summed E-state index contributed by atoms with van der Waals surface area (Å²) in [4.78, 5) is 38.6. The van der Waals surface area contributed by atoms with E-state index in [4.69, 9.17) is 0 Å². The predicted molar refractivity (Wildman–Crippen MR) is 88.5 cm³/mol. The summed E-state index contributed by atoms with van der Waals surface area (Å²) in [7, 11) is 0. The van der Waals surface area contributed by atoms with Crippen molar-refractivity contribution >= 4 is 23.4 Å². The Hall–Kier alpha value is -2.51. The quantitative estimate of drug-likeness (QED) is 0.813. The first-order chi connectivity index (χ1) is 12.4. The van der Waals surface area contributed by atoms with E-state index in [0.29, 0.717) is 18.5 Å². The van der Waals surface area contributed by atoms with Crippen molar-refractivity contribution in [1.82, 2.24) is 4.90 Å². The summed E-state index contributed by atoms with van der Waals surface area (Å²) in [6.45, 7) is -1.41. The van der Waals surface area contributed by atoms with Gasteiger partial charge in [-0.05, 0) is 44.0 Å². The van der Waals surface area contributed by atoms with Crippen molar-refractivity contribution in [2.24, 2.45) is 11.8 Å². The summed E-state index contributed by atoms with van der Waals surface area (Å²) in [5.41, 5.74) is 0.361. The fourth-order valence-corrected chi connectivity index (χ4v) is 3.65. The van der Waals surface area contributed by atoms with E-state index in [2.05, 4.69) is 10.1 Å². The lowest BCUT2D eigenvalue weighted by Crippen LogP contribution is -2.46. The number of nitrogens with zero attached hydrogens (tertiary/aromatic N) is 1. The maximum Gasteiger partial charge on any atom is 0.387 e. The fraction of sp³-hybridized carbons (Fsp3) is 0.500. The van der Waals surface area contributed by atoms with Crippen LogP contribution in [0.15, 0.2) is 24.3 Å². The SMILES string of the molecule is CC(C(=O)Nc1ccc(OC(F)F)cc1)N1C(=O)C2CCCCC2C1=O. The smallest absolute Gasteiger partial charge is 0.387 e. The second-order valence-electron chi connectivity index (χ2n) is 6.61. The Morgan fingerprint density at radius 1 is 1.12 bits per heavy atom. The van der Waals surface area contributed by atoms with Gasteiger partial charge in [0.2, 0.25) is 17.7 Å². The number of benzene rings is 1. The molecule has 26 heavy (non-hydrogen) atoms. The number of hydrogen-bond donors (Lipinski definition) is 1. The Balaban J connectivity index is 1.66. The maximum atomic E-state index is 12.5. The Morgan fingerprint density at radius 2 is 1.65 bits per heavy atom. The predicted octanol–water partition coefficient (Wildman–Crippen LogP) is 2.79. The summed E-state index contributed by atoms with van der Waals surface area (Å²) in [5, 5.41) is 2.59. The van der Waals surface area contributed by atoms with E-state index in [9.17, 15) is 23.2 Å². The molecule has 8 heteroatoms. The molecule has 2 aliphatic rings. The minimum absolute atomic E-state index is 0.0278. The highest BCUT2D eigenvalue weighted by Crippen LogP contribution is 2.38. The molecule has 2 fully saturated rings. The molecule has 6 nitrogen and oxygen atoms in total. The van der Waals surface area contributed by atoms with Gasteiger partial charge in [-0.2, -0.15) is 8.78 Å². The number of nitrogens with one attached hydrogen (secondary N) is 1. The highest BCUT2D eigenvalue weighted by molar-refractivity contribution is 6.09. The molecule has 0 radical (unpaired) electrons. The average molecular weight is 366 g/mol. The number of ether oxygens (including phenoxy) is 1. The molecular weight excluding hydrogens is 346 g/mol. The number of rotatable bonds is 5. The first kappa shape index (κ1) is 18.3. The number of anilines is 1. The number of hydrogen-bond acceptors (Lipinski definition) is 4. The molecule has 0 bridgehead atoms. The summed E-state index contributed by atoms with van der Waals surface area (Å²) in [6.07, 6.45) is 3.21. The van der Waals surface area contributed by atoms with Gasteiger partial charge in [-0.1, -0.05) is 12.8 Å². The van der Waals surface area contributed by atoms with Crippen molar-refractivity contribution in [3.05, 3.63) is 24.3 Å². The van der Waals surface area contributed by atoms with Gasteiger partial charge in [-0.3, -0.25) is 19.3 Å². The van der Waals surface area contributed by atoms with Crippen LogP contribution in [0.1, 0.15) is 32.6 Å². The third kappa shape index (κ3) is 3.54. The molecule has 1 aromatic rings. The molecule has 1 N–H and O–H groups in total. The lowest BCUT2D eigenvalue weighted by atomic mass is 9.81. The van der Waals surface area contributed by atoms with E-state index in [1.54, 1.807) is 0 Å². The van der Waals surface area contributed by atoms with E-state index in [0.717, 1.165) is 17.7 Å². The number of fused-ring (bicyclic) bond motifs is 1. The Bertz CT molecular complexity index is 684. The van der Waals surface area contributed by atoms with Crippen LogP contribution in [0.25, 0.3) is 0 Å². The standard InChI is InChI=1S/C18H20F2N2O4/c1-10(22-16(24)13-4-2-3-5-14(13)17(22)25)15(23)21-11-6-8-12(9-7-11)26-18(19)20/h6-10,13-14,18H,2-5H2,1H3,(H,21,23). The molecule has 3 atom stereocenters. The van der Waals surface area contributed by atoms with Crippen LogP contribution in [0.3, 0.4) is 0 Å². The minimum atomic E-state index is -2.92. The van der Waals surface area contributed by atoms with Gasteiger partial charge in [0.05, 0.1) is 11.8 Å². The molecule has 3 amide bonds. The summed E-state index contributed by atoms with van der Waals surface area (Å²) in [6, 6.07) is 4.49. The van der Waals surface area contributed by atoms with Gasteiger partial charge in [0.15, 0.2) is 0 Å². The van der Waals surface area contributed by atoms with Crippen LogP contribution in [0.4, 0.5) is 14.5 Å². The fourth-order valence-electron chi connectivity index (χ4n) is 3.65. The van der Waals surface area contributed by atoms with E-state index in [1.165, 1.54) is 31.2 Å². The largest absolute Gasteiger partial charge is 0.435 e. The molecular formula is C18H20F2N2O4. The third-order valence-electron chi connectivity index (χ3n) is 4.99. The van der Waals surface area contributed by atoms with Crippen molar-refractivity contribution in [3.8, 4) is 5.75 Å². The average Bonchev–Trinajstić information content (AvgIpc) is 2.87. The molecule has 3 rings (SSSR count). The van der Waals surface area contributed by atoms with Crippen molar-refractivity contribution in [3.63, 3.8) is 0 Å². The van der Waals surface area contributed by atoms with Crippen molar-refractivity contribution in [2.45, 2.75) is 45.3 Å². The molecule has 140 valence electrons. The number of amides is 3. The zero-order chi connectivity index (χ0) is 18.8. The first-order valence-corrected chi connectivity index (χ1v) is 8.61. The van der Waals surface area contributed by atoms with Gasteiger partial charge in [0.25, 0.3) is 0 Å². The van der Waals surface area contributed by atoms with Crippen LogP contribution in [-0.2, 0) is 14.4 Å². The van der Waals surface area contributed by atoms with E-state index in [-0.39, 0.29) is 29.4 Å². The molecule has 0 spiro atoms. The molecule has 1 saturated carbocycles. The van der Waals surface area contributed by atoms with Gasteiger partial charge in [0, 0.05) is 5.69 Å². The Labute approximate surface area is 149 Å². The van der Waals surface area contributed by atoms with Crippen molar-refractivity contribution in [2.75, 3.05) is 5.32 Å². The maximum absolute atomic E-state index is 12.5. The molecule has 0 aromatic heterocycles. The highest BCUT2D eigenvalue weighted by atomic mass is 19.3. The van der Waals surface area contributed by atoms with Gasteiger partial charge in [0.1, 0.15) is 11.8 Å². The molecule has 1 heterocycles. The number of carbonyl (C=O) groups excluding carboxylic acids is 3. The zero-order valence-electron chi connectivity index (χ0n) is 14.3. The number of halogens is 2. The van der Waals surface area contributed by atoms with E-state index < -0.39 is 18.6 Å². The lowest BCUT2D eigenvalue weighted by molar-refractivity contribution is -0.146. The number of carbonyl (C=O) groups is 3. The van der Waals surface area contributed by atoms with E-state index in [1.807, 2.05) is 0 Å². The number of alkyl halides is 2. The summed E-state index contributed by atoms with van der Waals surface area (Å²) in [5.74, 6) is -1.70. The van der Waals surface area contributed by atoms with Gasteiger partial charge in [-0.25, -0.2) is 0 Å². The Kier molecular flexibility index (Phi) is 5.20. The molecule has 1 aliphatic heterocycles. The molecule has 1 saturated heterocycles. The highest BCUT2D eigenvalue weighted by Gasteiger charge is 2.50. The minimum Gasteiger partial charge on any atom is -0.435 e. The van der Waals surface area contributed by atoms with Crippen molar-refractivity contribution < 1.29 is 27.9 Å². The number of likely N-dealkylation sites (tertiary alicyclic amines) is 1. The van der Waals surface area contributed by atoms with Crippen LogP contribution in [0.2, 0.25) is 0 Å². The third-order valence-corrected chi connectivity index (χ3v) is 4.99. The van der Waals surface area contributed by atoms with Gasteiger partial charge < -0.3 is 10.1 Å². The summed E-state index contributed by atoms with van der Waals surface area (Å²) >= 11 is 0. The topological polar surface area (TPSA) is 75.7 Å². The van der Waals surface area contributed by atoms with Crippen LogP contribution in [0, 0.1) is 11.8 Å². The normalized spacial score (nSPS) is 23.8. The van der Waals surface area contributed by atoms with E-state index >= 15 is 0 Å². The van der Waals surface area contributed by atoms with Crippen molar-refractivity contribution in [1.29, 1.82) is 0 Å².